The molecule has 0 radical (unpaired) electrons. The number of allylic oxidation sites excluding steroid dienone is 3. The first-order chi connectivity index (χ1) is 4.18. The summed E-state index contributed by atoms with van der Waals surface area (Å²) in [7, 11) is 0. The second kappa shape index (κ2) is 4.27. The average molecular weight is 141 g/mol. The van der Waals surface area contributed by atoms with Crippen LogP contribution in [0.1, 0.15) is 13.8 Å². The SMILES string of the molecule is C/C=C\C=C(/C)C(N)=S. The molecule has 1 nitrogen and oxygen atoms in total. The van der Waals surface area contributed by atoms with Crippen LogP contribution in [-0.2, 0) is 0 Å². The molecule has 0 bridgehead atoms. The minimum atomic E-state index is 0.466. The molecule has 0 saturated heterocycles. The molecule has 0 aromatic rings. The Morgan fingerprint density at radius 3 is 2.44 bits per heavy atom. The number of nitrogens with two attached hydrogens (primary N) is 1. The topological polar surface area (TPSA) is 26.0 Å². The van der Waals surface area contributed by atoms with Crippen molar-refractivity contribution in [1.29, 1.82) is 0 Å². The summed E-state index contributed by atoms with van der Waals surface area (Å²) >= 11 is 4.71. The van der Waals surface area contributed by atoms with Gasteiger partial charge in [-0.2, -0.15) is 0 Å². The normalized spacial score (nSPS) is 12.4. The van der Waals surface area contributed by atoms with Gasteiger partial charge in [0.25, 0.3) is 0 Å². The van der Waals surface area contributed by atoms with E-state index in [1.807, 2.05) is 32.1 Å². The average Bonchev–Trinajstić information content (AvgIpc) is 1.82. The molecule has 0 atom stereocenters. The van der Waals surface area contributed by atoms with Gasteiger partial charge >= 0.3 is 0 Å². The van der Waals surface area contributed by atoms with E-state index in [4.69, 9.17) is 18.0 Å². The maximum atomic E-state index is 5.31. The standard InChI is InChI=1S/C7H11NS/c1-3-4-5-6(2)7(8)9/h3-5H,1-2H3,(H2,8,9)/b4-3-,6-5+. The Bertz CT molecular complexity index is 156. The third-order valence-corrected chi connectivity index (χ3v) is 1.25. The smallest absolute Gasteiger partial charge is 0.0991 e. The Kier molecular flexibility index (Phi) is 3.97. The molecule has 0 saturated carbocycles. The predicted octanol–water partition coefficient (Wildman–Crippen LogP) is 1.79. The molecule has 0 unspecified atom stereocenters. The highest BCUT2D eigenvalue weighted by Gasteiger charge is 1.86. The van der Waals surface area contributed by atoms with Crippen LogP contribution in [0, 0.1) is 0 Å². The summed E-state index contributed by atoms with van der Waals surface area (Å²) in [6.07, 6.45) is 5.73. The van der Waals surface area contributed by atoms with Gasteiger partial charge in [-0.15, -0.1) is 0 Å². The third kappa shape index (κ3) is 3.91. The molecular formula is C7H11NS. The lowest BCUT2D eigenvalue weighted by atomic mass is 10.3. The van der Waals surface area contributed by atoms with Crippen LogP contribution in [0.5, 0.6) is 0 Å². The van der Waals surface area contributed by atoms with Crippen molar-refractivity contribution < 1.29 is 0 Å². The molecular weight excluding hydrogens is 130 g/mol. The zero-order valence-corrected chi connectivity index (χ0v) is 6.53. The predicted molar refractivity (Wildman–Crippen MR) is 45.4 cm³/mol. The molecule has 50 valence electrons. The molecule has 0 spiro atoms. The van der Waals surface area contributed by atoms with Crippen LogP contribution in [0.2, 0.25) is 0 Å². The number of thiocarbonyl (C=S) groups is 1. The molecule has 0 aliphatic rings. The van der Waals surface area contributed by atoms with Crippen molar-refractivity contribution in [3.8, 4) is 0 Å². The van der Waals surface area contributed by atoms with Gasteiger partial charge in [-0.05, 0) is 19.4 Å². The van der Waals surface area contributed by atoms with Gasteiger partial charge in [-0.3, -0.25) is 0 Å². The van der Waals surface area contributed by atoms with Crippen LogP contribution >= 0.6 is 12.2 Å². The van der Waals surface area contributed by atoms with E-state index in [1.54, 1.807) is 0 Å². The molecule has 2 N–H and O–H groups in total. The van der Waals surface area contributed by atoms with Crippen molar-refractivity contribution in [2.24, 2.45) is 5.73 Å². The van der Waals surface area contributed by atoms with Crippen LogP contribution in [0.25, 0.3) is 0 Å². The first-order valence-electron chi connectivity index (χ1n) is 2.78. The fraction of sp³-hybridized carbons (Fsp3) is 0.286. The minimum Gasteiger partial charge on any atom is -0.390 e. The third-order valence-electron chi connectivity index (χ3n) is 0.927. The van der Waals surface area contributed by atoms with Gasteiger partial charge in [0.05, 0.1) is 4.99 Å². The lowest BCUT2D eigenvalue weighted by molar-refractivity contribution is 1.55. The van der Waals surface area contributed by atoms with E-state index in [0.717, 1.165) is 5.57 Å². The van der Waals surface area contributed by atoms with E-state index in [9.17, 15) is 0 Å². The van der Waals surface area contributed by atoms with Crippen molar-refractivity contribution in [2.45, 2.75) is 13.8 Å². The van der Waals surface area contributed by atoms with E-state index in [2.05, 4.69) is 0 Å². The number of hydrogen-bond acceptors (Lipinski definition) is 1. The van der Waals surface area contributed by atoms with E-state index in [-0.39, 0.29) is 0 Å². The fourth-order valence-corrected chi connectivity index (χ4v) is 0.391. The second-order valence-electron chi connectivity index (χ2n) is 1.74. The van der Waals surface area contributed by atoms with Gasteiger partial charge in [0.2, 0.25) is 0 Å². The Labute approximate surface area is 61.2 Å². The molecule has 2 heteroatoms. The van der Waals surface area contributed by atoms with Crippen LogP contribution in [0.4, 0.5) is 0 Å². The maximum Gasteiger partial charge on any atom is 0.0991 e. The lowest BCUT2D eigenvalue weighted by Crippen LogP contribution is -2.08. The van der Waals surface area contributed by atoms with Crippen molar-refractivity contribution in [2.75, 3.05) is 0 Å². The Balaban J connectivity index is 4.00. The molecule has 0 amide bonds. The molecule has 0 aromatic heterocycles. The lowest BCUT2D eigenvalue weighted by Gasteiger charge is -1.91. The summed E-state index contributed by atoms with van der Waals surface area (Å²) in [5, 5.41) is 0. The zero-order valence-electron chi connectivity index (χ0n) is 5.72. The van der Waals surface area contributed by atoms with E-state index < -0.39 is 0 Å². The quantitative estimate of drug-likeness (QED) is 0.360. The van der Waals surface area contributed by atoms with Gasteiger partial charge in [0.15, 0.2) is 0 Å². The molecule has 0 aliphatic heterocycles. The second-order valence-corrected chi connectivity index (χ2v) is 2.18. The van der Waals surface area contributed by atoms with Crippen LogP contribution in [0.3, 0.4) is 0 Å². The summed E-state index contributed by atoms with van der Waals surface area (Å²) in [5.74, 6) is 0. The van der Waals surface area contributed by atoms with Crippen molar-refractivity contribution in [3.05, 3.63) is 23.8 Å². The summed E-state index contributed by atoms with van der Waals surface area (Å²) in [4.78, 5) is 0.466. The van der Waals surface area contributed by atoms with Crippen molar-refractivity contribution in [1.82, 2.24) is 0 Å². The van der Waals surface area contributed by atoms with Crippen molar-refractivity contribution >= 4 is 17.2 Å². The molecule has 0 heterocycles. The zero-order chi connectivity index (χ0) is 7.28. The largest absolute Gasteiger partial charge is 0.390 e. The van der Waals surface area contributed by atoms with Gasteiger partial charge in [-0.25, -0.2) is 0 Å². The molecule has 0 aliphatic carbocycles. The first kappa shape index (κ1) is 8.37. The Hall–Kier alpha value is -0.630. The van der Waals surface area contributed by atoms with Crippen molar-refractivity contribution in [3.63, 3.8) is 0 Å². The number of hydrogen-bond donors (Lipinski definition) is 1. The maximum absolute atomic E-state index is 5.31. The van der Waals surface area contributed by atoms with E-state index in [1.165, 1.54) is 0 Å². The number of rotatable bonds is 2. The van der Waals surface area contributed by atoms with Gasteiger partial charge in [0.1, 0.15) is 0 Å². The minimum absolute atomic E-state index is 0.466. The summed E-state index contributed by atoms with van der Waals surface area (Å²) in [6, 6.07) is 0. The van der Waals surface area contributed by atoms with E-state index >= 15 is 0 Å². The van der Waals surface area contributed by atoms with Crippen LogP contribution < -0.4 is 5.73 Å². The highest BCUT2D eigenvalue weighted by atomic mass is 32.1. The Morgan fingerprint density at radius 2 is 2.11 bits per heavy atom. The van der Waals surface area contributed by atoms with Gasteiger partial charge in [0, 0.05) is 0 Å². The monoisotopic (exact) mass is 141 g/mol. The van der Waals surface area contributed by atoms with Gasteiger partial charge in [-0.1, -0.05) is 30.4 Å². The van der Waals surface area contributed by atoms with Gasteiger partial charge < -0.3 is 5.73 Å². The van der Waals surface area contributed by atoms with Crippen LogP contribution in [0.15, 0.2) is 23.8 Å². The summed E-state index contributed by atoms with van der Waals surface area (Å²) < 4.78 is 0. The van der Waals surface area contributed by atoms with Crippen LogP contribution in [-0.4, -0.2) is 4.99 Å². The molecule has 0 rings (SSSR count). The fourth-order valence-electron chi connectivity index (χ4n) is 0.323. The highest BCUT2D eigenvalue weighted by Crippen LogP contribution is 1.91. The first-order valence-corrected chi connectivity index (χ1v) is 3.18. The summed E-state index contributed by atoms with van der Waals surface area (Å²) in [5.41, 5.74) is 6.25. The highest BCUT2D eigenvalue weighted by molar-refractivity contribution is 7.80. The molecule has 9 heavy (non-hydrogen) atoms. The molecule has 0 fully saturated rings. The summed E-state index contributed by atoms with van der Waals surface area (Å²) in [6.45, 7) is 3.84. The molecule has 0 aromatic carbocycles. The Morgan fingerprint density at radius 1 is 1.56 bits per heavy atom. The van der Waals surface area contributed by atoms with E-state index in [0.29, 0.717) is 4.99 Å².